The highest BCUT2D eigenvalue weighted by Crippen LogP contribution is 2.30. The lowest BCUT2D eigenvalue weighted by atomic mass is 9.80. The van der Waals surface area contributed by atoms with Crippen LogP contribution < -0.4 is 4.72 Å². The SMILES string of the molecule is CCN(CC)S(=O)(=O)NCC1CCCCC1CCl. The van der Waals surface area contributed by atoms with Crippen LogP contribution in [0.25, 0.3) is 0 Å². The third-order valence-electron chi connectivity index (χ3n) is 3.84. The number of halogens is 1. The fourth-order valence-electron chi connectivity index (χ4n) is 2.62. The van der Waals surface area contributed by atoms with Gasteiger partial charge in [-0.3, -0.25) is 0 Å². The summed E-state index contributed by atoms with van der Waals surface area (Å²) in [7, 11) is -3.31. The van der Waals surface area contributed by atoms with Crippen LogP contribution in [0.2, 0.25) is 0 Å². The van der Waals surface area contributed by atoms with E-state index in [1.54, 1.807) is 0 Å². The van der Waals surface area contributed by atoms with Crippen LogP contribution in [0, 0.1) is 11.8 Å². The maximum absolute atomic E-state index is 12.0. The zero-order chi connectivity index (χ0) is 13.6. The summed E-state index contributed by atoms with van der Waals surface area (Å²) in [5.74, 6) is 1.49. The maximum Gasteiger partial charge on any atom is 0.279 e. The summed E-state index contributed by atoms with van der Waals surface area (Å²) in [5.41, 5.74) is 0. The molecule has 1 aliphatic rings. The van der Waals surface area contributed by atoms with Gasteiger partial charge >= 0.3 is 0 Å². The Hall–Kier alpha value is 0.160. The molecule has 0 amide bonds. The predicted molar refractivity (Wildman–Crippen MR) is 76.0 cm³/mol. The molecule has 108 valence electrons. The molecule has 1 saturated carbocycles. The largest absolute Gasteiger partial charge is 0.279 e. The third-order valence-corrected chi connectivity index (χ3v) is 5.96. The van der Waals surface area contributed by atoms with Gasteiger partial charge < -0.3 is 0 Å². The van der Waals surface area contributed by atoms with Gasteiger partial charge in [-0.2, -0.15) is 12.7 Å². The van der Waals surface area contributed by atoms with Gasteiger partial charge in [0.05, 0.1) is 0 Å². The highest BCUT2D eigenvalue weighted by Gasteiger charge is 2.27. The minimum atomic E-state index is -3.31. The van der Waals surface area contributed by atoms with E-state index in [-0.39, 0.29) is 0 Å². The Bertz CT molecular complexity index is 331. The molecule has 0 aromatic heterocycles. The van der Waals surface area contributed by atoms with E-state index in [0.717, 1.165) is 12.8 Å². The number of rotatable bonds is 7. The molecule has 0 aromatic carbocycles. The lowest BCUT2D eigenvalue weighted by molar-refractivity contribution is 0.259. The lowest BCUT2D eigenvalue weighted by Crippen LogP contribution is -2.43. The first-order valence-electron chi connectivity index (χ1n) is 6.85. The van der Waals surface area contributed by atoms with Gasteiger partial charge in [0.1, 0.15) is 0 Å². The molecule has 18 heavy (non-hydrogen) atoms. The number of alkyl halides is 1. The Kier molecular flexibility index (Phi) is 6.92. The highest BCUT2D eigenvalue weighted by atomic mass is 35.5. The zero-order valence-corrected chi connectivity index (χ0v) is 12.9. The first-order valence-corrected chi connectivity index (χ1v) is 8.83. The van der Waals surface area contributed by atoms with E-state index in [1.165, 1.54) is 17.1 Å². The van der Waals surface area contributed by atoms with Crippen LogP contribution >= 0.6 is 11.6 Å². The Balaban J connectivity index is 2.52. The molecule has 0 aliphatic heterocycles. The van der Waals surface area contributed by atoms with Crippen LogP contribution in [0.1, 0.15) is 39.5 Å². The first-order chi connectivity index (χ1) is 8.55. The van der Waals surface area contributed by atoms with E-state index in [2.05, 4.69) is 4.72 Å². The molecule has 0 saturated heterocycles. The summed E-state index contributed by atoms with van der Waals surface area (Å²) in [5, 5.41) is 0. The zero-order valence-electron chi connectivity index (χ0n) is 11.4. The molecule has 1 rings (SSSR count). The molecule has 0 spiro atoms. The molecule has 0 radical (unpaired) electrons. The Labute approximate surface area is 116 Å². The van der Waals surface area contributed by atoms with Gasteiger partial charge in [-0.15, -0.1) is 11.6 Å². The van der Waals surface area contributed by atoms with Gasteiger partial charge in [-0.1, -0.05) is 26.7 Å². The molecule has 0 heterocycles. The van der Waals surface area contributed by atoms with Crippen molar-refractivity contribution in [1.82, 2.24) is 9.03 Å². The molecule has 0 aromatic rings. The van der Waals surface area contributed by atoms with Crippen LogP contribution in [0.4, 0.5) is 0 Å². The Morgan fingerprint density at radius 2 is 1.72 bits per heavy atom. The monoisotopic (exact) mass is 296 g/mol. The third kappa shape index (κ3) is 4.37. The summed E-state index contributed by atoms with van der Waals surface area (Å²) in [6.07, 6.45) is 4.61. The minimum Gasteiger partial charge on any atom is -0.202 e. The number of nitrogens with zero attached hydrogens (tertiary/aromatic N) is 1. The van der Waals surface area contributed by atoms with Gasteiger partial charge in [-0.25, -0.2) is 4.72 Å². The van der Waals surface area contributed by atoms with Crippen molar-refractivity contribution in [3.05, 3.63) is 0 Å². The summed E-state index contributed by atoms with van der Waals surface area (Å²) >= 11 is 5.95. The fourth-order valence-corrected chi connectivity index (χ4v) is 4.32. The van der Waals surface area contributed by atoms with Crippen LogP contribution in [-0.4, -0.2) is 38.2 Å². The van der Waals surface area contributed by atoms with Crippen molar-refractivity contribution in [3.8, 4) is 0 Å². The van der Waals surface area contributed by atoms with E-state index < -0.39 is 10.2 Å². The van der Waals surface area contributed by atoms with Gasteiger partial charge in [0.2, 0.25) is 0 Å². The van der Waals surface area contributed by atoms with Crippen molar-refractivity contribution in [2.75, 3.05) is 25.5 Å². The average molecular weight is 297 g/mol. The van der Waals surface area contributed by atoms with Crippen molar-refractivity contribution < 1.29 is 8.42 Å². The van der Waals surface area contributed by atoms with Crippen molar-refractivity contribution in [3.63, 3.8) is 0 Å². The Morgan fingerprint density at radius 3 is 2.22 bits per heavy atom. The highest BCUT2D eigenvalue weighted by molar-refractivity contribution is 7.87. The van der Waals surface area contributed by atoms with Gasteiger partial charge in [0, 0.05) is 25.5 Å². The van der Waals surface area contributed by atoms with Crippen LogP contribution in [0.3, 0.4) is 0 Å². The number of hydrogen-bond acceptors (Lipinski definition) is 2. The van der Waals surface area contributed by atoms with Crippen LogP contribution in [0.5, 0.6) is 0 Å². The van der Waals surface area contributed by atoms with Crippen molar-refractivity contribution in [2.24, 2.45) is 11.8 Å². The second-order valence-corrected chi connectivity index (χ2v) is 6.96. The molecule has 1 N–H and O–H groups in total. The average Bonchev–Trinajstić information content (AvgIpc) is 2.38. The quantitative estimate of drug-likeness (QED) is 0.732. The topological polar surface area (TPSA) is 49.4 Å². The molecule has 2 unspecified atom stereocenters. The minimum absolute atomic E-state index is 0.390. The first kappa shape index (κ1) is 16.2. The summed E-state index contributed by atoms with van der Waals surface area (Å²) < 4.78 is 28.2. The molecular formula is C12H25ClN2O2S. The predicted octanol–water partition coefficient (Wildman–Crippen LogP) is 2.21. The summed E-state index contributed by atoms with van der Waals surface area (Å²) in [4.78, 5) is 0. The van der Waals surface area contributed by atoms with Crippen molar-refractivity contribution in [2.45, 2.75) is 39.5 Å². The molecule has 0 bridgehead atoms. The van der Waals surface area contributed by atoms with E-state index in [4.69, 9.17) is 11.6 Å². The molecule has 2 atom stereocenters. The second kappa shape index (κ2) is 7.68. The van der Waals surface area contributed by atoms with Crippen molar-refractivity contribution >= 4 is 21.8 Å². The molecule has 4 nitrogen and oxygen atoms in total. The van der Waals surface area contributed by atoms with E-state index in [9.17, 15) is 8.42 Å². The van der Waals surface area contributed by atoms with Crippen LogP contribution in [0.15, 0.2) is 0 Å². The summed E-state index contributed by atoms with van der Waals surface area (Å²) in [6, 6.07) is 0. The lowest BCUT2D eigenvalue weighted by Gasteiger charge is -2.31. The second-order valence-electron chi connectivity index (χ2n) is 4.90. The fraction of sp³-hybridized carbons (Fsp3) is 1.00. The smallest absolute Gasteiger partial charge is 0.202 e. The summed E-state index contributed by atoms with van der Waals surface area (Å²) in [6.45, 7) is 5.25. The van der Waals surface area contributed by atoms with E-state index in [1.807, 2.05) is 13.8 Å². The molecule has 1 aliphatic carbocycles. The standard InChI is InChI=1S/C12H25ClN2O2S/c1-3-15(4-2)18(16,17)14-10-12-8-6-5-7-11(12)9-13/h11-12,14H,3-10H2,1-2H3. The normalized spacial score (nSPS) is 25.6. The number of nitrogens with one attached hydrogen (secondary N) is 1. The van der Waals surface area contributed by atoms with Gasteiger partial charge in [-0.05, 0) is 24.7 Å². The van der Waals surface area contributed by atoms with Gasteiger partial charge in [0.25, 0.3) is 10.2 Å². The molecular weight excluding hydrogens is 272 g/mol. The Morgan fingerprint density at radius 1 is 1.17 bits per heavy atom. The maximum atomic E-state index is 12.0. The van der Waals surface area contributed by atoms with Crippen LogP contribution in [-0.2, 0) is 10.2 Å². The van der Waals surface area contributed by atoms with E-state index >= 15 is 0 Å². The molecule has 6 heteroatoms. The van der Waals surface area contributed by atoms with Crippen molar-refractivity contribution in [1.29, 1.82) is 0 Å². The van der Waals surface area contributed by atoms with Gasteiger partial charge in [0.15, 0.2) is 0 Å². The molecule has 1 fully saturated rings. The number of hydrogen-bond donors (Lipinski definition) is 1. The van der Waals surface area contributed by atoms with E-state index in [0.29, 0.717) is 37.4 Å².